The van der Waals surface area contributed by atoms with Crippen LogP contribution < -0.4 is 15.7 Å². The van der Waals surface area contributed by atoms with Crippen molar-refractivity contribution in [3.63, 3.8) is 0 Å². The summed E-state index contributed by atoms with van der Waals surface area (Å²) in [7, 11) is -9.69. The zero-order valence-corrected chi connectivity index (χ0v) is 42.4. The third-order valence-electron chi connectivity index (χ3n) is 13.2. The Balaban J connectivity index is 0.000000511. The van der Waals surface area contributed by atoms with Crippen molar-refractivity contribution in [1.82, 2.24) is 24.4 Å². The molecule has 5 heterocycles. The molecule has 2 aromatic heterocycles. The van der Waals surface area contributed by atoms with E-state index in [4.69, 9.17) is 18.1 Å². The van der Waals surface area contributed by atoms with Crippen LogP contribution in [0.5, 0.6) is 0 Å². The van der Waals surface area contributed by atoms with Gasteiger partial charge >= 0.3 is 8.25 Å². The minimum absolute atomic E-state index is 0.0684. The molecule has 18 heteroatoms. The number of amidine groups is 1. The first kappa shape index (κ1) is 49.5. The number of nitrogens with one attached hydrogen (secondary N) is 1. The zero-order chi connectivity index (χ0) is 47.3. The number of aromatic nitrogens is 4. The molecule has 5 atom stereocenters. The molecule has 1 amide bonds. The molecule has 5 aromatic rings. The Labute approximate surface area is 391 Å². The van der Waals surface area contributed by atoms with Gasteiger partial charge in [-0.3, -0.25) is 23.4 Å². The van der Waals surface area contributed by atoms with E-state index in [1.165, 1.54) is 68.3 Å². The Morgan fingerprint density at radius 1 is 0.864 bits per heavy atom. The highest BCUT2D eigenvalue weighted by atomic mass is 31.1. The Morgan fingerprint density at radius 3 is 2.09 bits per heavy atom. The highest BCUT2D eigenvalue weighted by Gasteiger charge is 2.63. The van der Waals surface area contributed by atoms with E-state index in [9.17, 15) is 19.4 Å². The van der Waals surface area contributed by atoms with E-state index < -0.39 is 55.0 Å². The number of fused-ring (bicyclic) bond motifs is 2. The van der Waals surface area contributed by atoms with Crippen molar-refractivity contribution in [3.05, 3.63) is 109 Å². The van der Waals surface area contributed by atoms with Crippen molar-refractivity contribution >= 4 is 64.0 Å². The van der Waals surface area contributed by atoms with Crippen molar-refractivity contribution in [2.45, 2.75) is 121 Å². The number of rotatable bonds is 12. The lowest BCUT2D eigenvalue weighted by Crippen LogP contribution is -2.67. The molecule has 0 saturated carbocycles. The minimum Gasteiger partial charge on any atom is -0.406 e. The van der Waals surface area contributed by atoms with Gasteiger partial charge in [0.15, 0.2) is 31.5 Å². The van der Waals surface area contributed by atoms with Gasteiger partial charge in [-0.2, -0.15) is 0 Å². The lowest BCUT2D eigenvalue weighted by molar-refractivity contribution is -0.226. The Morgan fingerprint density at radius 2 is 1.48 bits per heavy atom. The Hall–Kier alpha value is -4.43. The lowest BCUT2D eigenvalue weighted by atomic mass is 10.1. The second-order valence-corrected chi connectivity index (χ2v) is 29.5. The number of anilines is 1. The van der Waals surface area contributed by atoms with E-state index in [1.54, 1.807) is 24.3 Å². The fourth-order valence-electron chi connectivity index (χ4n) is 8.83. The van der Waals surface area contributed by atoms with Crippen LogP contribution in [0, 0.1) is 0 Å². The number of carbonyl (C=O) groups is 1. The standard InChI is InChI=1S/C39H50N5O8PSi2.C9H16N2/c1-37(2,3)54(7,8)51-32-30(24-49-55(38(4,5)6,28-20-14-10-15-21-28)29-22-16-11-17-23-29)50-36(39(32,46)52-53(47)48)44-26-42-31-33(40-25-41-34(31)44)43-35(45)27-18-12-9-13-19-27;1-2-5-9-10-6-4-8-11(9)7-3-1/h9-23,25-26,30,32,36,46,53H,24H2,1-8H3,(H,47,48)(H,40,41,43,45);1-8H2/t30-,32-,36-,39-;/m1./s1. The molecule has 2 saturated heterocycles. The molecule has 3 aliphatic heterocycles. The summed E-state index contributed by atoms with van der Waals surface area (Å²) < 4.78 is 40.7. The fraction of sp³-hybridized carbons (Fsp3) is 0.479. The Bertz CT molecular complexity index is 2430. The molecule has 2 fully saturated rings. The molecule has 3 aliphatic rings. The number of imidazole rings is 1. The number of hydrogen-bond acceptors (Lipinski definition) is 12. The largest absolute Gasteiger partial charge is 0.406 e. The van der Waals surface area contributed by atoms with Gasteiger partial charge in [-0.25, -0.2) is 15.0 Å². The third kappa shape index (κ3) is 10.5. The van der Waals surface area contributed by atoms with Crippen molar-refractivity contribution in [3.8, 4) is 0 Å². The quantitative estimate of drug-likeness (QED) is 0.0631. The topological polar surface area (TPSA) is 183 Å². The molecule has 1 unspecified atom stereocenters. The Kier molecular flexibility index (Phi) is 15.3. The first-order chi connectivity index (χ1) is 31.4. The van der Waals surface area contributed by atoms with Crippen molar-refractivity contribution in [2.75, 3.05) is 31.6 Å². The predicted molar refractivity (Wildman–Crippen MR) is 263 cm³/mol. The average molecular weight is 956 g/mol. The molecular weight excluding hydrogens is 890 g/mol. The van der Waals surface area contributed by atoms with Gasteiger partial charge in [-0.05, 0) is 64.9 Å². The molecule has 0 radical (unpaired) electrons. The monoisotopic (exact) mass is 955 g/mol. The van der Waals surface area contributed by atoms with Gasteiger partial charge in [0.25, 0.3) is 14.2 Å². The van der Waals surface area contributed by atoms with Crippen molar-refractivity contribution in [1.29, 1.82) is 0 Å². The van der Waals surface area contributed by atoms with Crippen LogP contribution in [0.2, 0.25) is 23.2 Å². The molecule has 0 bridgehead atoms. The molecule has 0 aliphatic carbocycles. The second kappa shape index (κ2) is 20.4. The summed E-state index contributed by atoms with van der Waals surface area (Å²) in [5, 5.41) is 16.9. The van der Waals surface area contributed by atoms with Crippen LogP contribution in [-0.4, -0.2) is 107 Å². The summed E-state index contributed by atoms with van der Waals surface area (Å²) in [5.74, 6) is -1.41. The SMILES string of the molecule is C1CCC2=NCCCN2CC1.CC(C)(C)[Si](C)(C)O[C@@H]1[C@@H](CO[Si](c2ccccc2)(c2ccccc2)C(C)(C)C)O[C@@H](n2cnc3c(NC(=O)c4ccccc4)ncnc32)[C@]1(O)O[PH](=O)O. The summed E-state index contributed by atoms with van der Waals surface area (Å²) in [4.78, 5) is 43.7. The van der Waals surface area contributed by atoms with Gasteiger partial charge in [0.1, 0.15) is 18.5 Å². The van der Waals surface area contributed by atoms with E-state index in [-0.39, 0.29) is 33.7 Å². The summed E-state index contributed by atoms with van der Waals surface area (Å²) in [5.41, 5.74) is 0.781. The summed E-state index contributed by atoms with van der Waals surface area (Å²) in [6.07, 6.45) is 5.44. The summed E-state index contributed by atoms with van der Waals surface area (Å²) >= 11 is 0. The lowest BCUT2D eigenvalue weighted by Gasteiger charge is -2.45. The fourth-order valence-corrected chi connectivity index (χ4v) is 15.2. The maximum atomic E-state index is 13.1. The van der Waals surface area contributed by atoms with Gasteiger partial charge in [0.2, 0.25) is 5.79 Å². The van der Waals surface area contributed by atoms with Crippen LogP contribution in [0.1, 0.15) is 90.2 Å². The van der Waals surface area contributed by atoms with Crippen LogP contribution in [0.4, 0.5) is 5.82 Å². The van der Waals surface area contributed by atoms with Crippen LogP contribution in [0.3, 0.4) is 0 Å². The normalized spacial score (nSPS) is 22.1. The van der Waals surface area contributed by atoms with Crippen LogP contribution in [0.15, 0.2) is 109 Å². The smallest absolute Gasteiger partial charge is 0.319 e. The second-order valence-electron chi connectivity index (χ2n) is 19.7. The van der Waals surface area contributed by atoms with Gasteiger partial charge in [0, 0.05) is 31.6 Å². The van der Waals surface area contributed by atoms with E-state index in [1.807, 2.05) is 55.6 Å². The van der Waals surface area contributed by atoms with Crippen molar-refractivity contribution in [2.24, 2.45) is 4.99 Å². The molecule has 0 spiro atoms. The summed E-state index contributed by atoms with van der Waals surface area (Å²) in [6.45, 7) is 20.2. The number of carbonyl (C=O) groups excluding carboxylic acids is 1. The number of nitrogens with zero attached hydrogens (tertiary/aromatic N) is 6. The minimum atomic E-state index is -3.80. The number of amides is 1. The first-order valence-corrected chi connectivity index (χ1v) is 29.0. The van der Waals surface area contributed by atoms with Gasteiger partial charge in [-0.15, -0.1) is 0 Å². The van der Waals surface area contributed by atoms with E-state index in [2.05, 4.69) is 96.0 Å². The molecule has 3 aromatic carbocycles. The number of aliphatic imine (C=N–C) groups is 1. The number of ether oxygens (including phenoxy) is 1. The highest BCUT2D eigenvalue weighted by molar-refractivity contribution is 7.32. The molecule has 8 rings (SSSR count). The number of benzene rings is 3. The maximum Gasteiger partial charge on any atom is 0.319 e. The van der Waals surface area contributed by atoms with E-state index >= 15 is 0 Å². The molecule has 354 valence electrons. The molecule has 15 nitrogen and oxygen atoms in total. The van der Waals surface area contributed by atoms with Crippen molar-refractivity contribution < 1.29 is 37.5 Å². The number of aliphatic hydroxyl groups is 1. The third-order valence-corrected chi connectivity index (χ3v) is 23.2. The first-order valence-electron chi connectivity index (χ1n) is 22.9. The van der Waals surface area contributed by atoms with E-state index in [0.717, 1.165) is 16.9 Å². The van der Waals surface area contributed by atoms with Gasteiger partial charge in [0.05, 0.1) is 18.8 Å². The summed E-state index contributed by atoms with van der Waals surface area (Å²) in [6, 6.07) is 28.9. The van der Waals surface area contributed by atoms with Crippen LogP contribution in [-0.2, 0) is 22.7 Å². The van der Waals surface area contributed by atoms with Gasteiger partial charge < -0.3 is 33.8 Å². The van der Waals surface area contributed by atoms with Crippen LogP contribution in [0.25, 0.3) is 11.2 Å². The molecular formula is C48H66N7O8PSi2. The average Bonchev–Trinajstić information content (AvgIpc) is 3.71. The molecule has 66 heavy (non-hydrogen) atoms. The zero-order valence-electron chi connectivity index (χ0n) is 39.4. The number of hydrogen-bond donors (Lipinski definition) is 3. The van der Waals surface area contributed by atoms with Gasteiger partial charge in [-0.1, -0.05) is 127 Å². The predicted octanol–water partition coefficient (Wildman–Crippen LogP) is 7.69. The highest BCUT2D eigenvalue weighted by Crippen LogP contribution is 2.50. The van der Waals surface area contributed by atoms with Crippen LogP contribution >= 0.6 is 8.25 Å². The maximum absolute atomic E-state index is 13.1. The molecule has 3 N–H and O–H groups in total. The van der Waals surface area contributed by atoms with E-state index in [0.29, 0.717) is 5.56 Å².